The van der Waals surface area contributed by atoms with Gasteiger partial charge < -0.3 is 0 Å². The summed E-state index contributed by atoms with van der Waals surface area (Å²) >= 11 is 0. The van der Waals surface area contributed by atoms with Gasteiger partial charge in [0.15, 0.2) is 0 Å². The molecule has 0 spiro atoms. The van der Waals surface area contributed by atoms with Crippen molar-refractivity contribution in [1.29, 1.82) is 0 Å². The number of halogens is 4. The summed E-state index contributed by atoms with van der Waals surface area (Å²) in [4.78, 5) is 0. The normalized spacial score (nSPS) is 22.7. The predicted octanol–water partition coefficient (Wildman–Crippen LogP) is 4.41. The molecule has 1 aliphatic rings. The van der Waals surface area contributed by atoms with Crippen molar-refractivity contribution in [3.05, 3.63) is 12.7 Å². The van der Waals surface area contributed by atoms with Gasteiger partial charge in [-0.05, 0) is 12.3 Å². The molecule has 0 bridgehead atoms. The third-order valence-electron chi connectivity index (χ3n) is 3.06. The Bertz CT molecular complexity index is 215. The molecule has 0 radical (unpaired) electrons. The second kappa shape index (κ2) is 4.54. The number of allylic oxidation sites excluding steroid dienone is 1. The molecule has 0 nitrogen and oxygen atoms in total. The summed E-state index contributed by atoms with van der Waals surface area (Å²) in [5.41, 5.74) is -3.07. The van der Waals surface area contributed by atoms with E-state index < -0.39 is 24.7 Å². The van der Waals surface area contributed by atoms with Gasteiger partial charge in [-0.15, -0.1) is 6.58 Å². The van der Waals surface area contributed by atoms with Crippen molar-refractivity contribution in [3.63, 3.8) is 0 Å². The van der Waals surface area contributed by atoms with Crippen LogP contribution in [0.25, 0.3) is 0 Å². The van der Waals surface area contributed by atoms with Crippen LogP contribution in [-0.2, 0) is 0 Å². The van der Waals surface area contributed by atoms with Crippen LogP contribution in [0.5, 0.6) is 0 Å². The first kappa shape index (κ1) is 12.5. The highest BCUT2D eigenvalue weighted by Gasteiger charge is 2.55. The molecule has 0 aromatic heterocycles. The van der Waals surface area contributed by atoms with Crippen molar-refractivity contribution in [2.24, 2.45) is 5.92 Å². The Hall–Kier alpha value is -0.540. The van der Waals surface area contributed by atoms with E-state index in [9.17, 15) is 17.6 Å². The van der Waals surface area contributed by atoms with Gasteiger partial charge in [0.2, 0.25) is 5.67 Å². The van der Waals surface area contributed by atoms with Gasteiger partial charge in [-0.1, -0.05) is 31.8 Å². The van der Waals surface area contributed by atoms with E-state index in [4.69, 9.17) is 0 Å². The molecule has 0 amide bonds. The summed E-state index contributed by atoms with van der Waals surface area (Å²) in [6.45, 7) is 3.19. The number of alkyl halides is 4. The molecule has 0 aromatic rings. The molecule has 88 valence electrons. The second-order valence-corrected chi connectivity index (χ2v) is 4.31. The highest BCUT2D eigenvalue weighted by molar-refractivity contribution is 4.95. The molecular formula is C11H16F4. The average Bonchev–Trinajstić information content (AvgIpc) is 2.55. The van der Waals surface area contributed by atoms with Crippen molar-refractivity contribution in [3.8, 4) is 0 Å². The summed E-state index contributed by atoms with van der Waals surface area (Å²) < 4.78 is 51.3. The van der Waals surface area contributed by atoms with E-state index in [0.717, 1.165) is 31.8 Å². The van der Waals surface area contributed by atoms with Crippen molar-refractivity contribution < 1.29 is 17.6 Å². The molecule has 15 heavy (non-hydrogen) atoms. The Morgan fingerprint density at radius 3 is 2.07 bits per heavy atom. The zero-order valence-corrected chi connectivity index (χ0v) is 8.62. The molecule has 1 aliphatic carbocycles. The average molecular weight is 224 g/mol. The van der Waals surface area contributed by atoms with Gasteiger partial charge in [-0.2, -0.15) is 13.2 Å². The smallest absolute Gasteiger partial charge is 0.233 e. The third kappa shape index (κ3) is 2.95. The zero-order valence-electron chi connectivity index (χ0n) is 8.62. The highest BCUT2D eigenvalue weighted by atomic mass is 19.4. The van der Waals surface area contributed by atoms with Crippen LogP contribution in [0.4, 0.5) is 17.6 Å². The topological polar surface area (TPSA) is 0 Å². The van der Waals surface area contributed by atoms with Crippen molar-refractivity contribution in [2.45, 2.75) is 50.4 Å². The summed E-state index contributed by atoms with van der Waals surface area (Å²) in [5, 5.41) is 0. The SMILES string of the molecule is C=CCC(F)(CC1CCCC1)C(F)(F)F. The lowest BCUT2D eigenvalue weighted by Gasteiger charge is -2.29. The molecule has 0 aromatic carbocycles. The Morgan fingerprint density at radius 2 is 1.67 bits per heavy atom. The maximum atomic E-state index is 13.8. The van der Waals surface area contributed by atoms with E-state index >= 15 is 0 Å². The standard InChI is InChI=1S/C11H16F4/c1-2-7-10(12,11(13,14)15)8-9-5-3-4-6-9/h2,9H,1,3-8H2. The molecule has 1 saturated carbocycles. The van der Waals surface area contributed by atoms with Crippen LogP contribution in [0.2, 0.25) is 0 Å². The van der Waals surface area contributed by atoms with Gasteiger partial charge in [0.25, 0.3) is 0 Å². The van der Waals surface area contributed by atoms with Gasteiger partial charge >= 0.3 is 6.18 Å². The van der Waals surface area contributed by atoms with Crippen LogP contribution in [0.3, 0.4) is 0 Å². The quantitative estimate of drug-likeness (QED) is 0.490. The Labute approximate surface area is 87.4 Å². The van der Waals surface area contributed by atoms with Gasteiger partial charge in [-0.25, -0.2) is 4.39 Å². The van der Waals surface area contributed by atoms with Crippen LogP contribution >= 0.6 is 0 Å². The molecular weight excluding hydrogens is 208 g/mol. The van der Waals surface area contributed by atoms with E-state index in [1.807, 2.05) is 0 Å². The van der Waals surface area contributed by atoms with Crippen LogP contribution in [-0.4, -0.2) is 11.8 Å². The summed E-state index contributed by atoms with van der Waals surface area (Å²) in [6.07, 6.45) is -1.50. The lowest BCUT2D eigenvalue weighted by Crippen LogP contribution is -2.41. The minimum atomic E-state index is -4.77. The Balaban J connectivity index is 2.67. The van der Waals surface area contributed by atoms with E-state index in [1.54, 1.807) is 0 Å². The van der Waals surface area contributed by atoms with Crippen LogP contribution in [0, 0.1) is 5.92 Å². The van der Waals surface area contributed by atoms with Gasteiger partial charge in [0, 0.05) is 6.42 Å². The molecule has 0 heterocycles. The molecule has 0 saturated heterocycles. The molecule has 0 aliphatic heterocycles. The molecule has 1 fully saturated rings. The minimum absolute atomic E-state index is 0.114. The third-order valence-corrected chi connectivity index (χ3v) is 3.06. The van der Waals surface area contributed by atoms with E-state index in [1.165, 1.54) is 0 Å². The molecule has 1 rings (SSSR count). The maximum absolute atomic E-state index is 13.8. The van der Waals surface area contributed by atoms with Crippen LogP contribution in [0.15, 0.2) is 12.7 Å². The van der Waals surface area contributed by atoms with Crippen LogP contribution < -0.4 is 0 Å². The summed E-state index contributed by atoms with van der Waals surface area (Å²) in [7, 11) is 0. The number of rotatable bonds is 4. The fraction of sp³-hybridized carbons (Fsp3) is 0.818. The molecule has 0 N–H and O–H groups in total. The van der Waals surface area contributed by atoms with Crippen molar-refractivity contribution >= 4 is 0 Å². The maximum Gasteiger partial charge on any atom is 0.422 e. The van der Waals surface area contributed by atoms with Gasteiger partial charge in [-0.3, -0.25) is 0 Å². The first-order valence-corrected chi connectivity index (χ1v) is 5.25. The van der Waals surface area contributed by atoms with Crippen molar-refractivity contribution in [1.82, 2.24) is 0 Å². The fourth-order valence-electron chi connectivity index (χ4n) is 2.22. The van der Waals surface area contributed by atoms with E-state index in [2.05, 4.69) is 6.58 Å². The monoisotopic (exact) mass is 224 g/mol. The molecule has 4 heteroatoms. The minimum Gasteiger partial charge on any atom is -0.233 e. The molecule has 1 unspecified atom stereocenters. The van der Waals surface area contributed by atoms with Crippen LogP contribution in [0.1, 0.15) is 38.5 Å². The largest absolute Gasteiger partial charge is 0.422 e. The Morgan fingerprint density at radius 1 is 1.13 bits per heavy atom. The van der Waals surface area contributed by atoms with E-state index in [-0.39, 0.29) is 5.92 Å². The Kier molecular flexibility index (Phi) is 3.79. The lowest BCUT2D eigenvalue weighted by atomic mass is 9.88. The predicted molar refractivity (Wildman–Crippen MR) is 51.3 cm³/mol. The van der Waals surface area contributed by atoms with Crippen molar-refractivity contribution in [2.75, 3.05) is 0 Å². The second-order valence-electron chi connectivity index (χ2n) is 4.31. The highest BCUT2D eigenvalue weighted by Crippen LogP contribution is 2.44. The van der Waals surface area contributed by atoms with Gasteiger partial charge in [0.05, 0.1) is 0 Å². The zero-order chi connectivity index (χ0) is 11.5. The number of hydrogen-bond donors (Lipinski definition) is 0. The van der Waals surface area contributed by atoms with Gasteiger partial charge in [0.1, 0.15) is 0 Å². The first-order valence-electron chi connectivity index (χ1n) is 5.25. The number of hydrogen-bond acceptors (Lipinski definition) is 0. The summed E-state index contributed by atoms with van der Waals surface area (Å²) in [5.74, 6) is -0.114. The first-order chi connectivity index (χ1) is 6.89. The lowest BCUT2D eigenvalue weighted by molar-refractivity contribution is -0.234. The fourth-order valence-corrected chi connectivity index (χ4v) is 2.22. The summed E-state index contributed by atoms with van der Waals surface area (Å²) in [6, 6.07) is 0. The van der Waals surface area contributed by atoms with E-state index in [0.29, 0.717) is 0 Å². The molecule has 1 atom stereocenters.